The standard InChI is InChI=1S/C11H19B3N4O/c15-13-12-14-18-11(19)3-7-1-6-2-8(7)10-5-17-16-4-9(6)10/h4-8,10,12-14,16H,1-3,15H2,(H,18,19). The van der Waals surface area contributed by atoms with Crippen molar-refractivity contribution in [1.29, 1.82) is 0 Å². The number of allylic oxidation sites excluding steroid dienone is 1. The molecule has 4 unspecified atom stereocenters. The molecule has 0 aromatic rings. The zero-order valence-electron chi connectivity index (χ0n) is 11.1. The molecule has 98 valence electrons. The minimum Gasteiger partial charge on any atom is -0.411 e. The maximum atomic E-state index is 11.9. The van der Waals surface area contributed by atoms with Crippen molar-refractivity contribution in [3.8, 4) is 0 Å². The number of hydrogen-bond donors (Lipinski definition) is 3. The fraction of sp³-hybridized carbons (Fsp3) is 0.636. The summed E-state index contributed by atoms with van der Waals surface area (Å²) in [5, 5.41) is 7.11. The molecule has 0 aromatic carbocycles. The summed E-state index contributed by atoms with van der Waals surface area (Å²) in [6.45, 7) is 0. The molecule has 19 heavy (non-hydrogen) atoms. The average molecular weight is 256 g/mol. The maximum absolute atomic E-state index is 11.9. The summed E-state index contributed by atoms with van der Waals surface area (Å²) in [4.78, 5) is 11.9. The normalized spacial score (nSPS) is 34.1. The highest BCUT2D eigenvalue weighted by Crippen LogP contribution is 2.55. The first-order valence-electron chi connectivity index (χ1n) is 7.25. The SMILES string of the molecule is NBBBNC(=O)CC1CC2CC1C1C=NNC=C21. The lowest BCUT2D eigenvalue weighted by Crippen LogP contribution is -2.38. The monoisotopic (exact) mass is 256 g/mol. The Morgan fingerprint density at radius 3 is 3.32 bits per heavy atom. The second-order valence-electron chi connectivity index (χ2n) is 5.87. The van der Waals surface area contributed by atoms with Gasteiger partial charge in [-0.3, -0.25) is 10.2 Å². The number of rotatable bonds is 5. The van der Waals surface area contributed by atoms with Gasteiger partial charge in [-0.15, -0.1) is 0 Å². The summed E-state index contributed by atoms with van der Waals surface area (Å²) in [7, 11) is 2.19. The van der Waals surface area contributed by atoms with Gasteiger partial charge in [-0.05, 0) is 36.2 Å². The first-order valence-corrected chi connectivity index (χ1v) is 7.25. The lowest BCUT2D eigenvalue weighted by Gasteiger charge is -2.30. The van der Waals surface area contributed by atoms with Crippen LogP contribution in [0.15, 0.2) is 16.9 Å². The number of nitrogens with zero attached hydrogens (tertiary/aromatic N) is 1. The zero-order chi connectivity index (χ0) is 13.2. The summed E-state index contributed by atoms with van der Waals surface area (Å²) in [6.07, 6.45) is 7.14. The molecule has 0 aromatic heterocycles. The number of carbonyl (C=O) groups is 1. The van der Waals surface area contributed by atoms with Crippen molar-refractivity contribution in [1.82, 2.24) is 10.7 Å². The Bertz CT molecular complexity index is 428. The number of hydrogen-bond acceptors (Lipinski definition) is 4. The van der Waals surface area contributed by atoms with Gasteiger partial charge in [0.05, 0.1) is 0 Å². The highest BCUT2D eigenvalue weighted by molar-refractivity contribution is 7.28. The Kier molecular flexibility index (Phi) is 3.68. The second-order valence-corrected chi connectivity index (χ2v) is 5.87. The summed E-state index contributed by atoms with van der Waals surface area (Å²) in [5.74, 6) is 2.46. The van der Waals surface area contributed by atoms with Crippen molar-refractivity contribution in [2.75, 3.05) is 0 Å². The van der Waals surface area contributed by atoms with Crippen LogP contribution in [0.3, 0.4) is 0 Å². The van der Waals surface area contributed by atoms with Crippen LogP contribution in [0.1, 0.15) is 19.3 Å². The fourth-order valence-corrected chi connectivity index (χ4v) is 3.91. The molecule has 1 aliphatic heterocycles. The predicted octanol–water partition coefficient (Wildman–Crippen LogP) is -1.83. The van der Waals surface area contributed by atoms with Crippen LogP contribution in [0.2, 0.25) is 0 Å². The van der Waals surface area contributed by atoms with Gasteiger partial charge in [-0.25, -0.2) is 0 Å². The third-order valence-electron chi connectivity index (χ3n) is 4.76. The maximum Gasteiger partial charge on any atom is 0.207 e. The van der Waals surface area contributed by atoms with Crippen LogP contribution in [0.4, 0.5) is 0 Å². The Hall–Kier alpha value is -1.17. The molecule has 2 bridgehead atoms. The number of fused-ring (bicyclic) bond motifs is 5. The van der Waals surface area contributed by atoms with E-state index in [0.717, 1.165) is 13.5 Å². The van der Waals surface area contributed by atoms with Crippen LogP contribution >= 0.6 is 0 Å². The molecular formula is C11H19B3N4O. The Morgan fingerprint density at radius 2 is 2.47 bits per heavy atom. The molecule has 0 saturated heterocycles. The molecule has 1 heterocycles. The van der Waals surface area contributed by atoms with Crippen LogP contribution in [-0.2, 0) is 4.79 Å². The molecule has 2 saturated carbocycles. The van der Waals surface area contributed by atoms with Crippen molar-refractivity contribution < 1.29 is 4.79 Å². The largest absolute Gasteiger partial charge is 0.411 e. The number of amides is 1. The van der Waals surface area contributed by atoms with E-state index >= 15 is 0 Å². The molecule has 3 aliphatic rings. The molecule has 0 radical (unpaired) electrons. The van der Waals surface area contributed by atoms with Gasteiger partial charge < -0.3 is 10.9 Å². The summed E-state index contributed by atoms with van der Waals surface area (Å²) < 4.78 is 0. The summed E-state index contributed by atoms with van der Waals surface area (Å²) in [6, 6.07) is 0. The van der Waals surface area contributed by atoms with Crippen LogP contribution in [0.5, 0.6) is 0 Å². The molecule has 5 nitrogen and oxygen atoms in total. The first-order chi connectivity index (χ1) is 9.29. The van der Waals surface area contributed by atoms with Gasteiger partial charge in [0.25, 0.3) is 0 Å². The second kappa shape index (κ2) is 5.45. The molecule has 8 heteroatoms. The minimum atomic E-state index is 0.183. The van der Waals surface area contributed by atoms with Crippen molar-refractivity contribution in [3.63, 3.8) is 0 Å². The lowest BCUT2D eigenvalue weighted by atomic mass is 9.28. The smallest absolute Gasteiger partial charge is 0.207 e. The van der Waals surface area contributed by atoms with Gasteiger partial charge in [-0.2, -0.15) is 5.10 Å². The van der Waals surface area contributed by atoms with E-state index in [2.05, 4.69) is 22.0 Å². The quantitative estimate of drug-likeness (QED) is 0.399. The van der Waals surface area contributed by atoms with Crippen LogP contribution in [-0.4, -0.2) is 33.8 Å². The van der Waals surface area contributed by atoms with Crippen LogP contribution < -0.4 is 16.3 Å². The van der Waals surface area contributed by atoms with Gasteiger partial charge in [-0.1, -0.05) is 0 Å². The Labute approximate surface area is 115 Å². The van der Waals surface area contributed by atoms with Gasteiger partial charge in [0.2, 0.25) is 5.91 Å². The Morgan fingerprint density at radius 1 is 1.58 bits per heavy atom. The van der Waals surface area contributed by atoms with E-state index < -0.39 is 0 Å². The summed E-state index contributed by atoms with van der Waals surface area (Å²) >= 11 is 0. The fourth-order valence-electron chi connectivity index (χ4n) is 3.91. The van der Waals surface area contributed by atoms with E-state index in [1.165, 1.54) is 12.0 Å². The molecule has 2 aliphatic carbocycles. The third kappa shape index (κ3) is 2.46. The zero-order valence-corrected chi connectivity index (χ0v) is 11.1. The first kappa shape index (κ1) is 12.8. The topological polar surface area (TPSA) is 79.5 Å². The predicted molar refractivity (Wildman–Crippen MR) is 81.3 cm³/mol. The van der Waals surface area contributed by atoms with E-state index in [4.69, 9.17) is 5.64 Å². The van der Waals surface area contributed by atoms with E-state index in [-0.39, 0.29) is 5.91 Å². The third-order valence-corrected chi connectivity index (χ3v) is 4.76. The number of nitrogens with two attached hydrogens (primary N) is 1. The lowest BCUT2D eigenvalue weighted by molar-refractivity contribution is -0.120. The molecule has 3 rings (SSSR count). The van der Waals surface area contributed by atoms with Gasteiger partial charge in [0, 0.05) is 24.8 Å². The van der Waals surface area contributed by atoms with E-state index in [1.54, 1.807) is 0 Å². The van der Waals surface area contributed by atoms with E-state index in [9.17, 15) is 4.79 Å². The molecule has 2 fully saturated rings. The molecule has 1 amide bonds. The van der Waals surface area contributed by atoms with E-state index in [0.29, 0.717) is 44.7 Å². The Balaban J connectivity index is 1.54. The van der Waals surface area contributed by atoms with E-state index in [1.807, 2.05) is 6.21 Å². The molecular weight excluding hydrogens is 237 g/mol. The van der Waals surface area contributed by atoms with Crippen molar-refractivity contribution in [2.45, 2.75) is 19.3 Å². The van der Waals surface area contributed by atoms with Gasteiger partial charge in [0.15, 0.2) is 14.6 Å². The van der Waals surface area contributed by atoms with Crippen molar-refractivity contribution >= 4 is 33.8 Å². The molecule has 4 atom stereocenters. The molecule has 4 N–H and O–H groups in total. The highest BCUT2D eigenvalue weighted by Gasteiger charge is 2.49. The van der Waals surface area contributed by atoms with Gasteiger partial charge in [0.1, 0.15) is 7.06 Å². The van der Waals surface area contributed by atoms with Crippen LogP contribution in [0.25, 0.3) is 0 Å². The van der Waals surface area contributed by atoms with Crippen molar-refractivity contribution in [3.05, 3.63) is 11.8 Å². The highest BCUT2D eigenvalue weighted by atomic mass is 16.1. The van der Waals surface area contributed by atoms with Crippen molar-refractivity contribution in [2.24, 2.45) is 34.4 Å². The molecule has 0 spiro atoms. The number of carbonyl (C=O) groups excluding carboxylic acids is 1. The number of hydrazone groups is 1. The minimum absolute atomic E-state index is 0.183. The number of nitrogens with one attached hydrogen (secondary N) is 2. The summed E-state index contributed by atoms with van der Waals surface area (Å²) in [5.41, 5.74) is 9.87. The van der Waals surface area contributed by atoms with Gasteiger partial charge >= 0.3 is 0 Å². The van der Waals surface area contributed by atoms with Crippen LogP contribution in [0, 0.1) is 23.7 Å². The average Bonchev–Trinajstić information content (AvgIpc) is 2.98.